The third kappa shape index (κ3) is 3.78. The first-order chi connectivity index (χ1) is 10.3. The Kier molecular flexibility index (Phi) is 4.80. The summed E-state index contributed by atoms with van der Waals surface area (Å²) in [5.41, 5.74) is 1.08. The van der Waals surface area contributed by atoms with Gasteiger partial charge in [0, 0.05) is 25.3 Å². The molecular weight excluding hydrogens is 286 g/mol. The number of nitrogens with zero attached hydrogens (tertiary/aromatic N) is 1. The van der Waals surface area contributed by atoms with E-state index in [2.05, 4.69) is 15.5 Å². The third-order valence-corrected chi connectivity index (χ3v) is 4.71. The number of anilines is 1. The van der Waals surface area contributed by atoms with Gasteiger partial charge >= 0.3 is 0 Å². The van der Waals surface area contributed by atoms with Crippen LogP contribution in [-0.4, -0.2) is 49.0 Å². The van der Waals surface area contributed by atoms with Gasteiger partial charge in [0.1, 0.15) is 5.37 Å². The Morgan fingerprint density at radius 2 is 2.10 bits per heavy atom. The van der Waals surface area contributed by atoms with Crippen molar-refractivity contribution in [2.45, 2.75) is 5.37 Å². The molecule has 112 valence electrons. The number of carbonyl (C=O) groups excluding carboxylic acids is 1. The van der Waals surface area contributed by atoms with Gasteiger partial charge in [-0.25, -0.2) is 0 Å². The molecule has 0 radical (unpaired) electrons. The van der Waals surface area contributed by atoms with Crippen molar-refractivity contribution >= 4 is 23.4 Å². The van der Waals surface area contributed by atoms with Gasteiger partial charge in [-0.3, -0.25) is 9.69 Å². The van der Waals surface area contributed by atoms with Crippen LogP contribution in [0.5, 0.6) is 0 Å². The molecule has 1 aromatic carbocycles. The zero-order valence-corrected chi connectivity index (χ0v) is 12.6. The normalized spacial score (nSPS) is 25.0. The zero-order valence-electron chi connectivity index (χ0n) is 11.7. The van der Waals surface area contributed by atoms with Crippen molar-refractivity contribution in [3.63, 3.8) is 0 Å². The first kappa shape index (κ1) is 14.4. The quantitative estimate of drug-likeness (QED) is 0.882. The van der Waals surface area contributed by atoms with Crippen molar-refractivity contribution in [1.29, 1.82) is 0 Å². The second-order valence-electron chi connectivity index (χ2n) is 4.92. The topological polar surface area (TPSA) is 53.6 Å². The molecule has 5 nitrogen and oxygen atoms in total. The number of carbonyl (C=O) groups is 1. The number of benzene rings is 1. The molecule has 2 N–H and O–H groups in total. The van der Waals surface area contributed by atoms with Crippen LogP contribution < -0.4 is 10.6 Å². The molecule has 2 heterocycles. The summed E-state index contributed by atoms with van der Waals surface area (Å²) in [6, 6.07) is 10.0. The summed E-state index contributed by atoms with van der Waals surface area (Å²) in [5.74, 6) is 0.0767. The molecule has 1 aromatic rings. The highest BCUT2D eigenvalue weighted by atomic mass is 32.2. The van der Waals surface area contributed by atoms with Gasteiger partial charge in [-0.1, -0.05) is 30.0 Å². The van der Waals surface area contributed by atoms with Crippen molar-refractivity contribution in [3.05, 3.63) is 41.4 Å². The number of amides is 1. The number of hydrogen-bond donors (Lipinski definition) is 2. The summed E-state index contributed by atoms with van der Waals surface area (Å²) < 4.78 is 5.33. The lowest BCUT2D eigenvalue weighted by Gasteiger charge is -2.29. The molecule has 1 unspecified atom stereocenters. The lowest BCUT2D eigenvalue weighted by atomic mass is 10.3. The Morgan fingerprint density at radius 3 is 2.86 bits per heavy atom. The summed E-state index contributed by atoms with van der Waals surface area (Å²) in [7, 11) is 0. The Morgan fingerprint density at radius 1 is 1.33 bits per heavy atom. The van der Waals surface area contributed by atoms with Crippen LogP contribution in [0.3, 0.4) is 0 Å². The minimum Gasteiger partial charge on any atom is -0.381 e. The number of thioether (sulfide) groups is 1. The highest BCUT2D eigenvalue weighted by molar-refractivity contribution is 8.04. The van der Waals surface area contributed by atoms with E-state index < -0.39 is 0 Å². The molecule has 0 spiro atoms. The number of morpholine rings is 1. The highest BCUT2D eigenvalue weighted by Crippen LogP contribution is 2.29. The van der Waals surface area contributed by atoms with Crippen LogP contribution in [-0.2, 0) is 9.53 Å². The average Bonchev–Trinajstić information content (AvgIpc) is 2.90. The summed E-state index contributed by atoms with van der Waals surface area (Å²) in [4.78, 5) is 14.2. The Hall–Kier alpha value is -1.50. The van der Waals surface area contributed by atoms with Gasteiger partial charge in [-0.15, -0.1) is 0 Å². The molecule has 2 aliphatic heterocycles. The molecule has 1 atom stereocenters. The number of para-hydroxylation sites is 1. The largest absolute Gasteiger partial charge is 0.381 e. The van der Waals surface area contributed by atoms with Gasteiger partial charge in [0.25, 0.3) is 5.91 Å². The van der Waals surface area contributed by atoms with Crippen molar-refractivity contribution in [3.8, 4) is 0 Å². The van der Waals surface area contributed by atoms with E-state index in [9.17, 15) is 4.79 Å². The van der Waals surface area contributed by atoms with Crippen molar-refractivity contribution < 1.29 is 9.53 Å². The van der Waals surface area contributed by atoms with Gasteiger partial charge in [0.2, 0.25) is 0 Å². The van der Waals surface area contributed by atoms with Gasteiger partial charge in [0.05, 0.1) is 18.2 Å². The van der Waals surface area contributed by atoms with Crippen LogP contribution >= 0.6 is 11.8 Å². The number of hydrogen-bond acceptors (Lipinski definition) is 5. The van der Waals surface area contributed by atoms with Gasteiger partial charge in [-0.2, -0.15) is 0 Å². The maximum absolute atomic E-state index is 12.0. The lowest BCUT2D eigenvalue weighted by Crippen LogP contribution is -2.45. The van der Waals surface area contributed by atoms with E-state index in [0.29, 0.717) is 19.8 Å². The minimum atomic E-state index is -0.114. The maximum atomic E-state index is 12.0. The molecule has 2 saturated heterocycles. The van der Waals surface area contributed by atoms with Crippen LogP contribution in [0.2, 0.25) is 0 Å². The number of rotatable bonds is 4. The van der Waals surface area contributed by atoms with Gasteiger partial charge in [-0.05, 0) is 18.2 Å². The van der Waals surface area contributed by atoms with E-state index in [1.807, 2.05) is 36.4 Å². The molecule has 1 amide bonds. The smallest absolute Gasteiger partial charge is 0.252 e. The van der Waals surface area contributed by atoms with Gasteiger partial charge in [0.15, 0.2) is 0 Å². The maximum Gasteiger partial charge on any atom is 0.252 e. The molecule has 21 heavy (non-hydrogen) atoms. The number of ether oxygens (including phenoxy) is 1. The molecule has 0 aromatic heterocycles. The standard InChI is InChI=1S/C15H19N3O2S/c19-14-15(18-8-10-20-11-9-18)21-13(17-14)6-7-16-12-4-2-1-3-5-12/h1-6,15-16H,7-11H2,(H,17,19)/b13-6+. The molecule has 2 aliphatic rings. The summed E-state index contributed by atoms with van der Waals surface area (Å²) >= 11 is 1.59. The van der Waals surface area contributed by atoms with E-state index in [-0.39, 0.29) is 11.3 Å². The third-order valence-electron chi connectivity index (χ3n) is 3.45. The fourth-order valence-corrected chi connectivity index (χ4v) is 3.46. The molecule has 2 fully saturated rings. The minimum absolute atomic E-state index is 0.0767. The molecular formula is C15H19N3O2S. The predicted molar refractivity (Wildman–Crippen MR) is 84.9 cm³/mol. The van der Waals surface area contributed by atoms with E-state index in [1.165, 1.54) is 0 Å². The Labute approximate surface area is 128 Å². The van der Waals surface area contributed by atoms with Crippen LogP contribution in [0.15, 0.2) is 41.4 Å². The van der Waals surface area contributed by atoms with Crippen molar-refractivity contribution in [1.82, 2.24) is 10.2 Å². The predicted octanol–water partition coefficient (Wildman–Crippen LogP) is 1.46. The van der Waals surface area contributed by atoms with E-state index in [4.69, 9.17) is 4.74 Å². The zero-order chi connectivity index (χ0) is 14.5. The fourth-order valence-electron chi connectivity index (χ4n) is 2.36. The van der Waals surface area contributed by atoms with E-state index in [1.54, 1.807) is 11.8 Å². The molecule has 6 heteroatoms. The Balaban J connectivity index is 1.52. The molecule has 0 aliphatic carbocycles. The van der Waals surface area contributed by atoms with Crippen LogP contribution in [0.25, 0.3) is 0 Å². The SMILES string of the molecule is O=C1N/C(=C\CNc2ccccc2)SC1N1CCOCC1. The first-order valence-electron chi connectivity index (χ1n) is 7.11. The lowest BCUT2D eigenvalue weighted by molar-refractivity contribution is -0.123. The summed E-state index contributed by atoms with van der Waals surface area (Å²) in [5, 5.41) is 7.07. The average molecular weight is 305 g/mol. The highest BCUT2D eigenvalue weighted by Gasteiger charge is 2.34. The second kappa shape index (κ2) is 6.98. The Bertz CT molecular complexity index is 515. The van der Waals surface area contributed by atoms with Crippen molar-refractivity contribution in [2.24, 2.45) is 0 Å². The first-order valence-corrected chi connectivity index (χ1v) is 7.99. The van der Waals surface area contributed by atoms with E-state index in [0.717, 1.165) is 23.8 Å². The van der Waals surface area contributed by atoms with Crippen LogP contribution in [0.4, 0.5) is 5.69 Å². The van der Waals surface area contributed by atoms with E-state index >= 15 is 0 Å². The molecule has 0 saturated carbocycles. The monoisotopic (exact) mass is 305 g/mol. The summed E-state index contributed by atoms with van der Waals surface area (Å²) in [6.07, 6.45) is 2.02. The second-order valence-corrected chi connectivity index (χ2v) is 6.05. The van der Waals surface area contributed by atoms with Gasteiger partial charge < -0.3 is 15.4 Å². The molecule has 0 bridgehead atoms. The van der Waals surface area contributed by atoms with Crippen LogP contribution in [0.1, 0.15) is 0 Å². The fraction of sp³-hybridized carbons (Fsp3) is 0.400. The van der Waals surface area contributed by atoms with Crippen molar-refractivity contribution in [2.75, 3.05) is 38.2 Å². The van der Waals surface area contributed by atoms with Crippen LogP contribution in [0, 0.1) is 0 Å². The summed E-state index contributed by atoms with van der Waals surface area (Å²) in [6.45, 7) is 3.75. The molecule has 3 rings (SSSR count). The number of nitrogens with one attached hydrogen (secondary N) is 2.